The summed E-state index contributed by atoms with van der Waals surface area (Å²) in [5, 5.41) is 14.3. The molecular formula is C20H20Cl2N4O4. The van der Waals surface area contributed by atoms with E-state index in [1.165, 1.54) is 12.1 Å². The Morgan fingerprint density at radius 1 is 1.10 bits per heavy atom. The molecule has 1 aliphatic rings. The standard InChI is InChI=1S/C20H20Cl2N4O4/c1-2-19(27)25-9-7-24(8-10-25)17-6-4-14(21)12-16(17)23-20(28)13-3-5-15(22)18(11-13)26(29)30/h3-6,11-12H,2,7-10H2,1H3,(H,23,28). The summed E-state index contributed by atoms with van der Waals surface area (Å²) in [6.45, 7) is 4.24. The molecular weight excluding hydrogens is 431 g/mol. The number of anilines is 2. The zero-order valence-electron chi connectivity index (χ0n) is 16.2. The van der Waals surface area contributed by atoms with Gasteiger partial charge in [0, 0.05) is 49.3 Å². The first-order valence-electron chi connectivity index (χ1n) is 9.37. The van der Waals surface area contributed by atoms with Crippen LogP contribution in [0.2, 0.25) is 10.0 Å². The number of carbonyl (C=O) groups excluding carboxylic acids is 2. The third kappa shape index (κ3) is 4.83. The average Bonchev–Trinajstić information content (AvgIpc) is 2.73. The summed E-state index contributed by atoms with van der Waals surface area (Å²) in [5.41, 5.74) is 1.02. The van der Waals surface area contributed by atoms with Gasteiger partial charge >= 0.3 is 0 Å². The second-order valence-electron chi connectivity index (χ2n) is 6.76. The number of nitro groups is 1. The first kappa shape index (κ1) is 21.9. The van der Waals surface area contributed by atoms with Crippen LogP contribution < -0.4 is 10.2 Å². The van der Waals surface area contributed by atoms with Gasteiger partial charge in [0.1, 0.15) is 5.02 Å². The lowest BCUT2D eigenvalue weighted by Crippen LogP contribution is -2.48. The van der Waals surface area contributed by atoms with Crippen molar-refractivity contribution in [2.75, 3.05) is 36.4 Å². The minimum Gasteiger partial charge on any atom is -0.366 e. The van der Waals surface area contributed by atoms with E-state index in [2.05, 4.69) is 10.2 Å². The molecule has 158 valence electrons. The summed E-state index contributed by atoms with van der Waals surface area (Å²) in [6.07, 6.45) is 0.468. The lowest BCUT2D eigenvalue weighted by atomic mass is 10.1. The molecule has 0 spiro atoms. The minimum atomic E-state index is -0.638. The fourth-order valence-electron chi connectivity index (χ4n) is 3.29. The molecule has 30 heavy (non-hydrogen) atoms. The zero-order chi connectivity index (χ0) is 21.8. The van der Waals surface area contributed by atoms with Crippen molar-refractivity contribution in [3.8, 4) is 0 Å². The first-order chi connectivity index (χ1) is 14.3. The average molecular weight is 451 g/mol. The van der Waals surface area contributed by atoms with Gasteiger partial charge < -0.3 is 15.1 Å². The van der Waals surface area contributed by atoms with E-state index in [-0.39, 0.29) is 22.2 Å². The minimum absolute atomic E-state index is 0.0421. The highest BCUT2D eigenvalue weighted by atomic mass is 35.5. The van der Waals surface area contributed by atoms with Crippen LogP contribution in [-0.4, -0.2) is 47.8 Å². The summed E-state index contributed by atoms with van der Waals surface area (Å²) in [7, 11) is 0. The Hall–Kier alpha value is -2.84. The Kier molecular flexibility index (Phi) is 6.79. The molecule has 10 heteroatoms. The summed E-state index contributed by atoms with van der Waals surface area (Å²) in [5.74, 6) is -0.401. The Balaban J connectivity index is 1.81. The van der Waals surface area contributed by atoms with Gasteiger partial charge in [0.25, 0.3) is 11.6 Å². The van der Waals surface area contributed by atoms with Crippen molar-refractivity contribution < 1.29 is 14.5 Å². The highest BCUT2D eigenvalue weighted by Gasteiger charge is 2.23. The Morgan fingerprint density at radius 3 is 2.43 bits per heavy atom. The number of hydrogen-bond acceptors (Lipinski definition) is 5. The van der Waals surface area contributed by atoms with Gasteiger partial charge in [-0.1, -0.05) is 30.1 Å². The van der Waals surface area contributed by atoms with E-state index >= 15 is 0 Å². The molecule has 1 N–H and O–H groups in total. The van der Waals surface area contributed by atoms with Gasteiger partial charge in [-0.3, -0.25) is 19.7 Å². The second kappa shape index (κ2) is 9.32. The molecule has 2 amide bonds. The molecule has 1 heterocycles. The van der Waals surface area contributed by atoms with Gasteiger partial charge in [-0.15, -0.1) is 0 Å². The number of benzene rings is 2. The van der Waals surface area contributed by atoms with Crippen LogP contribution in [0.4, 0.5) is 17.1 Å². The molecule has 0 aromatic heterocycles. The number of nitrogens with one attached hydrogen (secondary N) is 1. The van der Waals surface area contributed by atoms with Crippen LogP contribution in [0.1, 0.15) is 23.7 Å². The van der Waals surface area contributed by atoms with Gasteiger partial charge in [-0.25, -0.2) is 0 Å². The van der Waals surface area contributed by atoms with Crippen LogP contribution in [0.5, 0.6) is 0 Å². The molecule has 0 saturated carbocycles. The predicted molar refractivity (Wildman–Crippen MR) is 117 cm³/mol. The maximum Gasteiger partial charge on any atom is 0.288 e. The number of hydrogen-bond donors (Lipinski definition) is 1. The van der Waals surface area contributed by atoms with Crippen LogP contribution in [0.3, 0.4) is 0 Å². The van der Waals surface area contributed by atoms with Crippen molar-refractivity contribution in [3.05, 3.63) is 62.1 Å². The summed E-state index contributed by atoms with van der Waals surface area (Å²) in [4.78, 5) is 39.0. The van der Waals surface area contributed by atoms with Crippen molar-refractivity contribution in [2.24, 2.45) is 0 Å². The van der Waals surface area contributed by atoms with Crippen LogP contribution in [0.25, 0.3) is 0 Å². The molecule has 2 aromatic carbocycles. The summed E-state index contributed by atoms with van der Waals surface area (Å²) in [6, 6.07) is 9.03. The van der Waals surface area contributed by atoms with E-state index < -0.39 is 10.8 Å². The van der Waals surface area contributed by atoms with Crippen LogP contribution in [0.15, 0.2) is 36.4 Å². The van der Waals surface area contributed by atoms with Crippen molar-refractivity contribution >= 4 is 52.1 Å². The molecule has 1 fully saturated rings. The first-order valence-corrected chi connectivity index (χ1v) is 10.1. The van der Waals surface area contributed by atoms with E-state index in [4.69, 9.17) is 23.2 Å². The molecule has 2 aromatic rings. The number of nitrogens with zero attached hydrogens (tertiary/aromatic N) is 3. The van der Waals surface area contributed by atoms with Crippen LogP contribution >= 0.6 is 23.2 Å². The van der Waals surface area contributed by atoms with Crippen molar-refractivity contribution in [3.63, 3.8) is 0 Å². The third-order valence-electron chi connectivity index (χ3n) is 4.89. The fourth-order valence-corrected chi connectivity index (χ4v) is 3.65. The molecule has 0 aliphatic carbocycles. The van der Waals surface area contributed by atoms with Gasteiger partial charge in [0.15, 0.2) is 0 Å². The predicted octanol–water partition coefficient (Wildman–Crippen LogP) is 4.21. The largest absolute Gasteiger partial charge is 0.366 e. The number of piperazine rings is 1. The van der Waals surface area contributed by atoms with Gasteiger partial charge in [-0.2, -0.15) is 0 Å². The SMILES string of the molecule is CCC(=O)N1CCN(c2ccc(Cl)cc2NC(=O)c2ccc(Cl)c([N+](=O)[O-])c2)CC1. The van der Waals surface area contributed by atoms with Crippen molar-refractivity contribution in [2.45, 2.75) is 13.3 Å². The normalized spacial score (nSPS) is 13.8. The molecule has 8 nitrogen and oxygen atoms in total. The summed E-state index contributed by atoms with van der Waals surface area (Å²) >= 11 is 11.9. The zero-order valence-corrected chi connectivity index (χ0v) is 17.7. The van der Waals surface area contributed by atoms with Gasteiger partial charge in [-0.05, 0) is 30.3 Å². The van der Waals surface area contributed by atoms with Crippen LogP contribution in [0, 0.1) is 10.1 Å². The quantitative estimate of drug-likeness (QED) is 0.543. The Bertz CT molecular complexity index is 991. The molecule has 3 rings (SSSR count). The fraction of sp³-hybridized carbons (Fsp3) is 0.300. The highest BCUT2D eigenvalue weighted by molar-refractivity contribution is 6.33. The van der Waals surface area contributed by atoms with Gasteiger partial charge in [0.2, 0.25) is 5.91 Å². The molecule has 0 unspecified atom stereocenters. The monoisotopic (exact) mass is 450 g/mol. The molecule has 1 saturated heterocycles. The Morgan fingerprint density at radius 2 is 1.80 bits per heavy atom. The maximum atomic E-state index is 12.7. The molecule has 0 radical (unpaired) electrons. The topological polar surface area (TPSA) is 95.8 Å². The molecule has 0 atom stereocenters. The third-order valence-corrected chi connectivity index (χ3v) is 5.44. The lowest BCUT2D eigenvalue weighted by molar-refractivity contribution is -0.384. The number of carbonyl (C=O) groups is 2. The lowest BCUT2D eigenvalue weighted by Gasteiger charge is -2.37. The number of amides is 2. The Labute approximate surface area is 183 Å². The smallest absolute Gasteiger partial charge is 0.288 e. The van der Waals surface area contributed by atoms with E-state index in [0.29, 0.717) is 43.3 Å². The number of nitro benzene ring substituents is 1. The van der Waals surface area contributed by atoms with E-state index in [9.17, 15) is 19.7 Å². The number of rotatable bonds is 5. The highest BCUT2D eigenvalue weighted by Crippen LogP contribution is 2.31. The van der Waals surface area contributed by atoms with Gasteiger partial charge in [0.05, 0.1) is 16.3 Å². The van der Waals surface area contributed by atoms with E-state index in [1.807, 2.05) is 11.8 Å². The van der Waals surface area contributed by atoms with Crippen molar-refractivity contribution in [1.29, 1.82) is 0 Å². The number of halogens is 2. The van der Waals surface area contributed by atoms with E-state index in [0.717, 1.165) is 11.8 Å². The second-order valence-corrected chi connectivity index (χ2v) is 7.60. The molecule has 1 aliphatic heterocycles. The van der Waals surface area contributed by atoms with Crippen molar-refractivity contribution in [1.82, 2.24) is 4.90 Å². The van der Waals surface area contributed by atoms with Crippen LogP contribution in [-0.2, 0) is 4.79 Å². The maximum absolute atomic E-state index is 12.7. The molecule has 0 bridgehead atoms. The van der Waals surface area contributed by atoms with E-state index in [1.54, 1.807) is 18.2 Å². The summed E-state index contributed by atoms with van der Waals surface area (Å²) < 4.78 is 0.